The molecule has 4 fully saturated rings. The number of carbonyl (C=O) groups excluding carboxylic acids is 2. The third-order valence-electron chi connectivity index (χ3n) is 9.87. The Balaban J connectivity index is 1.57. The summed E-state index contributed by atoms with van der Waals surface area (Å²) in [5.41, 5.74) is 0. The molecule has 4 saturated carbocycles. The van der Waals surface area contributed by atoms with Crippen LogP contribution >= 0.6 is 0 Å². The Labute approximate surface area is 195 Å². The summed E-state index contributed by atoms with van der Waals surface area (Å²) < 4.78 is 0. The van der Waals surface area contributed by atoms with Gasteiger partial charge in [-0.3, -0.25) is 0 Å². The predicted molar refractivity (Wildman–Crippen MR) is 128 cm³/mol. The third kappa shape index (κ3) is 6.00. The number of hydrogen-bond donors (Lipinski definition) is 0. The predicted octanol–water partition coefficient (Wildman–Crippen LogP) is 7.17. The summed E-state index contributed by atoms with van der Waals surface area (Å²) in [6.07, 6.45) is 27.3. The molecule has 0 heterocycles. The van der Waals surface area contributed by atoms with Crippen molar-refractivity contribution in [1.29, 1.82) is 0 Å². The second kappa shape index (κ2) is 12.3. The van der Waals surface area contributed by atoms with E-state index < -0.39 is 0 Å². The van der Waals surface area contributed by atoms with Crippen molar-refractivity contribution in [1.82, 2.24) is 0 Å². The Bertz CT molecular complexity index is 597. The summed E-state index contributed by atoms with van der Waals surface area (Å²) in [6.45, 7) is 0. The second-order valence-corrected chi connectivity index (χ2v) is 11.5. The van der Waals surface area contributed by atoms with Crippen molar-refractivity contribution in [3.05, 3.63) is 0 Å². The van der Waals surface area contributed by atoms with E-state index in [0.29, 0.717) is 0 Å². The summed E-state index contributed by atoms with van der Waals surface area (Å²) in [4.78, 5) is 29.8. The minimum atomic E-state index is 0.213. The zero-order valence-corrected chi connectivity index (χ0v) is 20.1. The number of rotatable bonds is 7. The summed E-state index contributed by atoms with van der Waals surface area (Å²) in [5.74, 6) is 5.14. The lowest BCUT2D eigenvalue weighted by atomic mass is 9.55. The van der Waals surface area contributed by atoms with Crippen molar-refractivity contribution in [2.24, 2.45) is 45.5 Å². The van der Waals surface area contributed by atoms with Gasteiger partial charge in [0.1, 0.15) is 0 Å². The molecule has 0 aromatic heterocycles. The van der Waals surface area contributed by atoms with Crippen LogP contribution in [0.2, 0.25) is 0 Å². The minimum Gasteiger partial charge on any atom is -0.211 e. The average molecular weight is 441 g/mol. The molecule has 0 amide bonds. The lowest BCUT2D eigenvalue weighted by Gasteiger charge is -2.50. The van der Waals surface area contributed by atoms with Gasteiger partial charge in [-0.15, -0.1) is 0 Å². The zero-order valence-electron chi connectivity index (χ0n) is 20.1. The highest BCUT2D eigenvalue weighted by Gasteiger charge is 2.45. The van der Waals surface area contributed by atoms with E-state index in [9.17, 15) is 9.59 Å². The fourth-order valence-corrected chi connectivity index (χ4v) is 8.45. The maximum Gasteiger partial charge on any atom is 0.235 e. The van der Waals surface area contributed by atoms with Gasteiger partial charge in [0.2, 0.25) is 12.2 Å². The Kier molecular flexibility index (Phi) is 9.18. The van der Waals surface area contributed by atoms with Crippen LogP contribution in [0.5, 0.6) is 0 Å². The van der Waals surface area contributed by atoms with Crippen molar-refractivity contribution in [3.63, 3.8) is 0 Å². The lowest BCUT2D eigenvalue weighted by Crippen LogP contribution is -2.43. The Morgan fingerprint density at radius 1 is 0.438 bits per heavy atom. The fourth-order valence-electron chi connectivity index (χ4n) is 8.45. The maximum absolute atomic E-state index is 10.8. The highest BCUT2D eigenvalue weighted by molar-refractivity contribution is 5.33. The monoisotopic (exact) mass is 440 g/mol. The zero-order chi connectivity index (χ0) is 22.2. The van der Waals surface area contributed by atoms with Crippen LogP contribution in [-0.2, 0) is 9.59 Å². The molecule has 0 spiro atoms. The highest BCUT2D eigenvalue weighted by atomic mass is 16.1. The van der Waals surface area contributed by atoms with Crippen LogP contribution in [0.15, 0.2) is 9.98 Å². The van der Waals surface area contributed by atoms with Gasteiger partial charge in [-0.05, 0) is 86.9 Å². The van der Waals surface area contributed by atoms with E-state index in [4.69, 9.17) is 0 Å². The van der Waals surface area contributed by atoms with E-state index in [2.05, 4.69) is 9.98 Å². The molecule has 0 aromatic rings. The number of aliphatic imine (C=N–C) groups is 2. The third-order valence-corrected chi connectivity index (χ3v) is 9.87. The molecule has 0 saturated heterocycles. The van der Waals surface area contributed by atoms with Gasteiger partial charge in [0.05, 0.1) is 12.1 Å². The molecule has 4 heteroatoms. The Morgan fingerprint density at radius 2 is 0.750 bits per heavy atom. The SMILES string of the molecule is O=C=NC1CCC(C(C2CCC(N=C=O)CC2)C(C2CCCCC2)C2CCCCC2)CC1. The van der Waals surface area contributed by atoms with E-state index in [0.717, 1.165) is 61.2 Å². The summed E-state index contributed by atoms with van der Waals surface area (Å²) >= 11 is 0. The number of isocyanates is 2. The first kappa shape index (κ1) is 23.9. The van der Waals surface area contributed by atoms with Crippen molar-refractivity contribution in [2.75, 3.05) is 0 Å². The molecule has 178 valence electrons. The molecule has 0 aliphatic heterocycles. The van der Waals surface area contributed by atoms with Crippen LogP contribution in [0.4, 0.5) is 0 Å². The molecule has 0 radical (unpaired) electrons. The van der Waals surface area contributed by atoms with Gasteiger partial charge in [-0.2, -0.15) is 0 Å². The smallest absolute Gasteiger partial charge is 0.211 e. The average Bonchev–Trinajstić information content (AvgIpc) is 2.85. The molecule has 4 rings (SSSR count). The van der Waals surface area contributed by atoms with Crippen LogP contribution in [0.25, 0.3) is 0 Å². The molecule has 4 aliphatic carbocycles. The molecule has 0 N–H and O–H groups in total. The van der Waals surface area contributed by atoms with Gasteiger partial charge >= 0.3 is 0 Å². The van der Waals surface area contributed by atoms with Crippen molar-refractivity contribution < 1.29 is 9.59 Å². The van der Waals surface area contributed by atoms with Crippen LogP contribution in [0.3, 0.4) is 0 Å². The fraction of sp³-hybridized carbons (Fsp3) is 0.929. The highest BCUT2D eigenvalue weighted by Crippen LogP contribution is 2.53. The van der Waals surface area contributed by atoms with E-state index >= 15 is 0 Å². The minimum absolute atomic E-state index is 0.213. The standard InChI is InChI=1S/C28H44N2O2/c31-19-29-25-15-11-23(12-16-25)28(24-13-17-26(18-14-24)30-20-32)27(21-7-3-1-4-8-21)22-9-5-2-6-10-22/h21-28H,1-18H2. The van der Waals surface area contributed by atoms with Crippen molar-refractivity contribution >= 4 is 12.2 Å². The van der Waals surface area contributed by atoms with E-state index in [1.54, 1.807) is 0 Å². The topological polar surface area (TPSA) is 58.9 Å². The van der Waals surface area contributed by atoms with Gasteiger partial charge in [0.25, 0.3) is 0 Å². The Morgan fingerprint density at radius 3 is 1.06 bits per heavy atom. The number of nitrogens with zero attached hydrogens (tertiary/aromatic N) is 2. The van der Waals surface area contributed by atoms with Crippen LogP contribution in [0, 0.1) is 35.5 Å². The van der Waals surface area contributed by atoms with Crippen LogP contribution in [-0.4, -0.2) is 24.2 Å². The first-order chi connectivity index (χ1) is 15.8. The van der Waals surface area contributed by atoms with Gasteiger partial charge < -0.3 is 0 Å². The van der Waals surface area contributed by atoms with Crippen molar-refractivity contribution in [2.45, 2.75) is 128 Å². The van der Waals surface area contributed by atoms with Gasteiger partial charge in [0.15, 0.2) is 0 Å². The van der Waals surface area contributed by atoms with Gasteiger partial charge in [-0.1, -0.05) is 64.2 Å². The molecule has 0 atom stereocenters. The Hall–Kier alpha value is -1.24. The normalized spacial score (nSPS) is 33.8. The molecular weight excluding hydrogens is 396 g/mol. The second-order valence-electron chi connectivity index (χ2n) is 11.5. The molecule has 32 heavy (non-hydrogen) atoms. The molecule has 0 aromatic carbocycles. The maximum atomic E-state index is 10.8. The molecule has 0 unspecified atom stereocenters. The number of hydrogen-bond acceptors (Lipinski definition) is 4. The molecule has 0 bridgehead atoms. The summed E-state index contributed by atoms with van der Waals surface area (Å²) in [7, 11) is 0. The quantitative estimate of drug-likeness (QED) is 0.311. The van der Waals surface area contributed by atoms with Crippen LogP contribution < -0.4 is 0 Å². The van der Waals surface area contributed by atoms with Crippen molar-refractivity contribution in [3.8, 4) is 0 Å². The van der Waals surface area contributed by atoms with E-state index in [1.807, 2.05) is 12.2 Å². The lowest BCUT2D eigenvalue weighted by molar-refractivity contribution is -0.00339. The molecule has 4 nitrogen and oxygen atoms in total. The molecular formula is C28H44N2O2. The molecule has 4 aliphatic rings. The van der Waals surface area contributed by atoms with Gasteiger partial charge in [-0.25, -0.2) is 19.6 Å². The first-order valence-electron chi connectivity index (χ1n) is 13.9. The van der Waals surface area contributed by atoms with E-state index in [1.165, 1.54) is 89.9 Å². The van der Waals surface area contributed by atoms with E-state index in [-0.39, 0.29) is 12.1 Å². The first-order valence-corrected chi connectivity index (χ1v) is 13.9. The summed E-state index contributed by atoms with van der Waals surface area (Å²) in [6, 6.07) is 0.426. The largest absolute Gasteiger partial charge is 0.235 e. The van der Waals surface area contributed by atoms with Gasteiger partial charge in [0, 0.05) is 0 Å². The van der Waals surface area contributed by atoms with Crippen LogP contribution in [0.1, 0.15) is 116 Å². The summed E-state index contributed by atoms with van der Waals surface area (Å²) in [5, 5.41) is 0.